The van der Waals surface area contributed by atoms with Gasteiger partial charge in [-0.25, -0.2) is 0 Å². The van der Waals surface area contributed by atoms with E-state index in [1.54, 1.807) is 0 Å². The summed E-state index contributed by atoms with van der Waals surface area (Å²) < 4.78 is 16.8. The van der Waals surface area contributed by atoms with Crippen molar-refractivity contribution in [1.82, 2.24) is 0 Å². The number of hydrogen-bond acceptors (Lipinski definition) is 6. The van der Waals surface area contributed by atoms with Crippen molar-refractivity contribution < 1.29 is 28.9 Å². The first-order chi connectivity index (χ1) is 15.9. The first-order valence-electron chi connectivity index (χ1n) is 13.1. The van der Waals surface area contributed by atoms with E-state index in [1.807, 2.05) is 6.92 Å². The number of ether oxygens (including phenoxy) is 3. The zero-order valence-electron chi connectivity index (χ0n) is 21.1. The Morgan fingerprint density at radius 3 is 2.70 bits per heavy atom. The minimum absolute atomic E-state index is 0.0278. The molecule has 2 rings (SSSR count). The minimum atomic E-state index is -0.715. The quantitative estimate of drug-likeness (QED) is 0.195. The van der Waals surface area contributed by atoms with Crippen LogP contribution >= 0.6 is 0 Å². The molecule has 0 aromatic heterocycles. The molecule has 1 N–H and O–H groups in total. The number of methoxy groups -OCH3 is 1. The first-order valence-corrected chi connectivity index (χ1v) is 13.1. The fourth-order valence-electron chi connectivity index (χ4n) is 4.95. The fraction of sp³-hybridized carbons (Fsp3) is 0.852. The number of unbranched alkanes of at least 4 members (excludes halogenated alkanes) is 4. The Kier molecular flexibility index (Phi) is 12.6. The number of Topliss-reactive ketones (excluding diaryl/α,β-unsaturated/α-hetero) is 1. The van der Waals surface area contributed by atoms with Crippen LogP contribution in [-0.4, -0.2) is 48.6 Å². The lowest BCUT2D eigenvalue weighted by Gasteiger charge is -2.29. The molecule has 0 radical (unpaired) electrons. The van der Waals surface area contributed by atoms with Gasteiger partial charge in [-0.3, -0.25) is 9.59 Å². The van der Waals surface area contributed by atoms with Crippen LogP contribution in [0.5, 0.6) is 0 Å². The molecule has 33 heavy (non-hydrogen) atoms. The molecule has 0 spiro atoms. The largest absolute Gasteiger partial charge is 0.469 e. The summed E-state index contributed by atoms with van der Waals surface area (Å²) in [5.41, 5.74) is -0.715. The van der Waals surface area contributed by atoms with Crippen molar-refractivity contribution in [3.8, 4) is 0 Å². The highest BCUT2D eigenvalue weighted by atomic mass is 16.7. The Morgan fingerprint density at radius 1 is 1.21 bits per heavy atom. The first kappa shape index (κ1) is 28.0. The monoisotopic (exact) mass is 466 g/mol. The second kappa shape index (κ2) is 14.9. The van der Waals surface area contributed by atoms with E-state index >= 15 is 0 Å². The van der Waals surface area contributed by atoms with Crippen molar-refractivity contribution in [2.45, 2.75) is 122 Å². The molecule has 0 aromatic rings. The Labute approximate surface area is 200 Å². The predicted molar refractivity (Wildman–Crippen MR) is 129 cm³/mol. The van der Waals surface area contributed by atoms with E-state index in [2.05, 4.69) is 19.1 Å². The Bertz CT molecular complexity index is 608. The van der Waals surface area contributed by atoms with Gasteiger partial charge in [0.15, 0.2) is 6.29 Å². The van der Waals surface area contributed by atoms with E-state index in [0.29, 0.717) is 19.3 Å². The third-order valence-electron chi connectivity index (χ3n) is 7.03. The second-order valence-corrected chi connectivity index (χ2v) is 10.1. The number of rotatable bonds is 15. The van der Waals surface area contributed by atoms with Gasteiger partial charge in [-0.05, 0) is 51.9 Å². The van der Waals surface area contributed by atoms with Crippen LogP contribution in [0.15, 0.2) is 12.2 Å². The summed E-state index contributed by atoms with van der Waals surface area (Å²) in [5, 5.41) is 10.6. The van der Waals surface area contributed by atoms with Gasteiger partial charge in [-0.15, -0.1) is 0 Å². The molecule has 0 bridgehead atoms. The standard InChI is InChI=1S/C27H46O6/c1-4-5-17-27(2,30)18-12-14-22-21(13-8-6-7-9-15-25(29)31-3)23(28)20-24(22)33-26-16-10-11-19-32-26/h12,14,21-22,24,26,30H,4-11,13,15-20H2,1-3H3/b14-12+/t21-,22-,24-,26?,27?/m1/s1. The van der Waals surface area contributed by atoms with Crippen LogP contribution < -0.4 is 0 Å². The van der Waals surface area contributed by atoms with E-state index in [-0.39, 0.29) is 36.0 Å². The SMILES string of the molecule is CCCCC(C)(O)C/C=C/[C@H]1[C@H](OC2CCCCO2)CC(=O)[C@@H]1CCCCCCC(=O)OC. The van der Waals surface area contributed by atoms with Crippen molar-refractivity contribution >= 4 is 11.8 Å². The third-order valence-corrected chi connectivity index (χ3v) is 7.03. The maximum Gasteiger partial charge on any atom is 0.305 e. The lowest BCUT2D eigenvalue weighted by Crippen LogP contribution is -2.30. The molecule has 1 saturated heterocycles. The highest BCUT2D eigenvalue weighted by molar-refractivity contribution is 5.84. The van der Waals surface area contributed by atoms with Crippen LogP contribution in [0, 0.1) is 11.8 Å². The van der Waals surface area contributed by atoms with Gasteiger partial charge in [0.25, 0.3) is 0 Å². The van der Waals surface area contributed by atoms with Crippen LogP contribution in [-0.2, 0) is 23.8 Å². The normalized spacial score (nSPS) is 27.7. The zero-order valence-corrected chi connectivity index (χ0v) is 21.1. The molecule has 6 nitrogen and oxygen atoms in total. The van der Waals surface area contributed by atoms with Crippen molar-refractivity contribution in [2.75, 3.05) is 13.7 Å². The lowest BCUT2D eigenvalue weighted by atomic mass is 9.87. The van der Waals surface area contributed by atoms with Gasteiger partial charge >= 0.3 is 5.97 Å². The summed E-state index contributed by atoms with van der Waals surface area (Å²) in [4.78, 5) is 24.2. The summed E-state index contributed by atoms with van der Waals surface area (Å²) in [6.45, 7) is 4.75. The molecule has 2 unspecified atom stereocenters. The Balaban J connectivity index is 1.93. The van der Waals surface area contributed by atoms with Crippen molar-refractivity contribution in [3.63, 3.8) is 0 Å². The molecule has 190 valence electrons. The van der Waals surface area contributed by atoms with E-state index in [9.17, 15) is 14.7 Å². The minimum Gasteiger partial charge on any atom is -0.469 e. The van der Waals surface area contributed by atoms with Crippen molar-refractivity contribution in [2.24, 2.45) is 11.8 Å². The smallest absolute Gasteiger partial charge is 0.305 e. The van der Waals surface area contributed by atoms with Gasteiger partial charge in [0, 0.05) is 31.3 Å². The number of aliphatic hydroxyl groups is 1. The average molecular weight is 467 g/mol. The van der Waals surface area contributed by atoms with E-state index in [0.717, 1.165) is 77.2 Å². The second-order valence-electron chi connectivity index (χ2n) is 10.1. The summed E-state index contributed by atoms with van der Waals surface area (Å²) in [6.07, 6.45) is 15.8. The predicted octanol–water partition coefficient (Wildman–Crippen LogP) is 5.50. The van der Waals surface area contributed by atoms with Crippen LogP contribution in [0.4, 0.5) is 0 Å². The van der Waals surface area contributed by atoms with E-state index < -0.39 is 5.60 Å². The summed E-state index contributed by atoms with van der Waals surface area (Å²) in [6, 6.07) is 0. The van der Waals surface area contributed by atoms with Crippen molar-refractivity contribution in [1.29, 1.82) is 0 Å². The van der Waals surface area contributed by atoms with Crippen LogP contribution in [0.25, 0.3) is 0 Å². The average Bonchev–Trinajstić information content (AvgIpc) is 3.09. The molecule has 0 amide bonds. The molecule has 1 saturated carbocycles. The summed E-state index contributed by atoms with van der Waals surface area (Å²) in [7, 11) is 1.42. The van der Waals surface area contributed by atoms with Crippen LogP contribution in [0.2, 0.25) is 0 Å². The number of carbonyl (C=O) groups is 2. The molecule has 2 fully saturated rings. The molecule has 2 aliphatic rings. The Hall–Kier alpha value is -1.24. The molecule has 6 heteroatoms. The fourth-order valence-corrected chi connectivity index (χ4v) is 4.95. The van der Waals surface area contributed by atoms with Gasteiger partial charge in [-0.2, -0.15) is 0 Å². The molecule has 1 aliphatic heterocycles. The number of carbonyl (C=O) groups excluding carboxylic acids is 2. The van der Waals surface area contributed by atoms with Crippen LogP contribution in [0.1, 0.15) is 104 Å². The summed E-state index contributed by atoms with van der Waals surface area (Å²) >= 11 is 0. The molecule has 0 aromatic carbocycles. The maximum absolute atomic E-state index is 12.9. The van der Waals surface area contributed by atoms with Crippen molar-refractivity contribution in [3.05, 3.63) is 12.2 Å². The van der Waals surface area contributed by atoms with Gasteiger partial charge in [0.05, 0.1) is 18.8 Å². The van der Waals surface area contributed by atoms with E-state index in [4.69, 9.17) is 14.2 Å². The van der Waals surface area contributed by atoms with Crippen LogP contribution in [0.3, 0.4) is 0 Å². The lowest BCUT2D eigenvalue weighted by molar-refractivity contribution is -0.192. The molecule has 5 atom stereocenters. The highest BCUT2D eigenvalue weighted by Crippen LogP contribution is 2.38. The van der Waals surface area contributed by atoms with Gasteiger partial charge in [0.1, 0.15) is 5.78 Å². The molecule has 1 heterocycles. The molecule has 1 aliphatic carbocycles. The number of hydrogen-bond donors (Lipinski definition) is 1. The third kappa shape index (κ3) is 10.3. The number of ketones is 1. The number of esters is 1. The molecular weight excluding hydrogens is 420 g/mol. The zero-order chi connectivity index (χ0) is 24.1. The van der Waals surface area contributed by atoms with Gasteiger partial charge in [-0.1, -0.05) is 51.2 Å². The molecular formula is C27H46O6. The highest BCUT2D eigenvalue weighted by Gasteiger charge is 2.42. The maximum atomic E-state index is 12.9. The van der Waals surface area contributed by atoms with E-state index in [1.165, 1.54) is 7.11 Å². The van der Waals surface area contributed by atoms with Gasteiger partial charge < -0.3 is 19.3 Å². The Morgan fingerprint density at radius 2 is 2.00 bits per heavy atom. The summed E-state index contributed by atoms with van der Waals surface area (Å²) in [5.74, 6) is 0.0970. The topological polar surface area (TPSA) is 82.1 Å². The van der Waals surface area contributed by atoms with Gasteiger partial charge in [0.2, 0.25) is 0 Å².